The summed E-state index contributed by atoms with van der Waals surface area (Å²) < 4.78 is 1.07. The highest BCUT2D eigenvalue weighted by molar-refractivity contribution is 5.98. The summed E-state index contributed by atoms with van der Waals surface area (Å²) in [5.41, 5.74) is -0.691. The third-order valence-corrected chi connectivity index (χ3v) is 3.55. The first kappa shape index (κ1) is 18.1. The molecule has 1 aromatic heterocycles. The number of aromatic amines is 1. The van der Waals surface area contributed by atoms with E-state index in [9.17, 15) is 19.5 Å². The largest absolute Gasteiger partial charge is 0.505 e. The van der Waals surface area contributed by atoms with E-state index in [0.29, 0.717) is 6.54 Å². The fourth-order valence-electron chi connectivity index (χ4n) is 2.30. The van der Waals surface area contributed by atoms with Gasteiger partial charge in [0.2, 0.25) is 0 Å². The molecule has 0 unspecified atom stereocenters. The summed E-state index contributed by atoms with van der Waals surface area (Å²) in [4.78, 5) is 37.9. The molecule has 134 valence electrons. The normalized spacial score (nSPS) is 10.4. The fourth-order valence-corrected chi connectivity index (χ4v) is 2.30. The fraction of sp³-hybridized carbons (Fsp3) is 0.312. The Morgan fingerprint density at radius 1 is 1.28 bits per heavy atom. The monoisotopic (exact) mass is 347 g/mol. The van der Waals surface area contributed by atoms with Crippen LogP contribution in [0.1, 0.15) is 17.3 Å². The maximum Gasteiger partial charge on any atom is 0.290 e. The third-order valence-electron chi connectivity index (χ3n) is 3.55. The Balaban J connectivity index is 2.57. The van der Waals surface area contributed by atoms with Crippen molar-refractivity contribution in [2.75, 3.05) is 31.3 Å². The van der Waals surface area contributed by atoms with E-state index in [0.717, 1.165) is 4.68 Å². The lowest BCUT2D eigenvalue weighted by Gasteiger charge is -2.16. The molecule has 25 heavy (non-hydrogen) atoms. The minimum absolute atomic E-state index is 0.0327. The molecule has 4 N–H and O–H groups in total. The summed E-state index contributed by atoms with van der Waals surface area (Å²) in [5.74, 6) is -0.685. The standard InChI is InChI=1S/C16H21N5O4/c1-5-17-12-11(14(23)19-21(4)16(12)25)18-10-8-6-7-9(13(10)22)15(24)20(2)3/h6-8,17-18,22H,5H2,1-4H3,(H,19,23). The topological polar surface area (TPSA) is 119 Å². The molecule has 2 aromatic rings. The number of carbonyl (C=O) groups is 1. The van der Waals surface area contributed by atoms with Gasteiger partial charge in [0.05, 0.1) is 11.3 Å². The van der Waals surface area contributed by atoms with Crippen molar-refractivity contribution < 1.29 is 9.90 Å². The lowest BCUT2D eigenvalue weighted by Crippen LogP contribution is -2.32. The van der Waals surface area contributed by atoms with Crippen LogP contribution >= 0.6 is 0 Å². The smallest absolute Gasteiger partial charge is 0.290 e. The van der Waals surface area contributed by atoms with Crippen molar-refractivity contribution in [2.24, 2.45) is 7.05 Å². The minimum atomic E-state index is -0.540. The first-order valence-electron chi connectivity index (χ1n) is 7.65. The number of aryl methyl sites for hydroxylation is 1. The summed E-state index contributed by atoms with van der Waals surface area (Å²) in [6.07, 6.45) is 0. The molecule has 0 atom stereocenters. The highest BCUT2D eigenvalue weighted by Gasteiger charge is 2.19. The second-order valence-corrected chi connectivity index (χ2v) is 5.61. The van der Waals surface area contributed by atoms with Crippen molar-refractivity contribution in [1.29, 1.82) is 0 Å². The number of nitrogens with one attached hydrogen (secondary N) is 3. The van der Waals surface area contributed by atoms with Gasteiger partial charge in [-0.2, -0.15) is 0 Å². The molecule has 0 bridgehead atoms. The van der Waals surface area contributed by atoms with Crippen LogP contribution in [0, 0.1) is 0 Å². The van der Waals surface area contributed by atoms with Gasteiger partial charge >= 0.3 is 0 Å². The van der Waals surface area contributed by atoms with Crippen LogP contribution in [0.5, 0.6) is 5.75 Å². The molecule has 0 aliphatic heterocycles. The molecular weight excluding hydrogens is 326 g/mol. The van der Waals surface area contributed by atoms with Gasteiger partial charge in [0, 0.05) is 27.7 Å². The molecule has 0 saturated carbocycles. The maximum absolute atomic E-state index is 12.3. The Morgan fingerprint density at radius 3 is 2.56 bits per heavy atom. The molecule has 0 fully saturated rings. The van der Waals surface area contributed by atoms with Gasteiger partial charge in [0.1, 0.15) is 11.4 Å². The van der Waals surface area contributed by atoms with Gasteiger partial charge in [-0.3, -0.25) is 24.2 Å². The first-order valence-corrected chi connectivity index (χ1v) is 7.65. The van der Waals surface area contributed by atoms with Crippen molar-refractivity contribution in [2.45, 2.75) is 6.92 Å². The molecule has 9 heteroatoms. The number of hydrogen-bond donors (Lipinski definition) is 4. The van der Waals surface area contributed by atoms with Gasteiger partial charge in [-0.05, 0) is 19.1 Å². The number of H-pyrrole nitrogens is 1. The lowest BCUT2D eigenvalue weighted by atomic mass is 10.1. The van der Waals surface area contributed by atoms with Crippen LogP contribution in [-0.2, 0) is 7.05 Å². The number of para-hydroxylation sites is 1. The summed E-state index contributed by atoms with van der Waals surface area (Å²) in [5, 5.41) is 18.4. The number of aromatic nitrogens is 2. The Labute approximate surface area is 143 Å². The first-order chi connectivity index (χ1) is 11.8. The predicted molar refractivity (Wildman–Crippen MR) is 95.9 cm³/mol. The van der Waals surface area contributed by atoms with Crippen LogP contribution in [0.15, 0.2) is 27.8 Å². The highest BCUT2D eigenvalue weighted by Crippen LogP contribution is 2.31. The Morgan fingerprint density at radius 2 is 1.96 bits per heavy atom. The van der Waals surface area contributed by atoms with E-state index in [-0.39, 0.29) is 34.3 Å². The predicted octanol–water partition coefficient (Wildman–Crippen LogP) is 0.656. The number of rotatable bonds is 5. The Hall–Kier alpha value is -3.23. The molecule has 0 spiro atoms. The molecule has 0 saturated heterocycles. The van der Waals surface area contributed by atoms with Crippen molar-refractivity contribution in [3.05, 3.63) is 44.5 Å². The van der Waals surface area contributed by atoms with E-state index >= 15 is 0 Å². The van der Waals surface area contributed by atoms with E-state index in [1.165, 1.54) is 24.1 Å². The summed E-state index contributed by atoms with van der Waals surface area (Å²) in [6.45, 7) is 2.22. The van der Waals surface area contributed by atoms with Gasteiger partial charge in [0.15, 0.2) is 5.75 Å². The van der Waals surface area contributed by atoms with Crippen LogP contribution in [-0.4, -0.2) is 46.3 Å². The number of amides is 1. The molecule has 0 aliphatic carbocycles. The molecule has 1 aromatic carbocycles. The van der Waals surface area contributed by atoms with Gasteiger partial charge in [-0.1, -0.05) is 6.07 Å². The van der Waals surface area contributed by atoms with Crippen molar-refractivity contribution in [3.63, 3.8) is 0 Å². The Kier molecular flexibility index (Phi) is 5.16. The van der Waals surface area contributed by atoms with E-state index < -0.39 is 11.1 Å². The van der Waals surface area contributed by atoms with Gasteiger partial charge in [-0.25, -0.2) is 0 Å². The SMILES string of the molecule is CCNc1c(Nc2cccc(C(=O)N(C)C)c2O)c(=O)[nH]n(C)c1=O. The van der Waals surface area contributed by atoms with Crippen LogP contribution < -0.4 is 21.8 Å². The lowest BCUT2D eigenvalue weighted by molar-refractivity contribution is 0.0824. The van der Waals surface area contributed by atoms with Crippen LogP contribution in [0.4, 0.5) is 17.1 Å². The third kappa shape index (κ3) is 3.49. The van der Waals surface area contributed by atoms with Crippen molar-refractivity contribution >= 4 is 23.0 Å². The van der Waals surface area contributed by atoms with Crippen molar-refractivity contribution in [1.82, 2.24) is 14.7 Å². The van der Waals surface area contributed by atoms with Crippen LogP contribution in [0.3, 0.4) is 0 Å². The average Bonchev–Trinajstić information content (AvgIpc) is 2.56. The number of phenols is 1. The molecule has 2 rings (SSSR count). The number of phenolic OH excluding ortho intramolecular Hbond substituents is 1. The van der Waals surface area contributed by atoms with Crippen LogP contribution in [0.25, 0.3) is 0 Å². The number of anilines is 3. The van der Waals surface area contributed by atoms with E-state index in [1.54, 1.807) is 27.1 Å². The highest BCUT2D eigenvalue weighted by atomic mass is 16.3. The second kappa shape index (κ2) is 7.12. The van der Waals surface area contributed by atoms with E-state index in [2.05, 4.69) is 15.7 Å². The summed E-state index contributed by atoms with van der Waals surface area (Å²) in [6, 6.07) is 4.55. The van der Waals surface area contributed by atoms with Gasteiger partial charge in [0.25, 0.3) is 17.0 Å². The molecular formula is C16H21N5O4. The number of benzene rings is 1. The molecule has 1 heterocycles. The number of aromatic hydroxyl groups is 1. The summed E-state index contributed by atoms with van der Waals surface area (Å²) >= 11 is 0. The Bertz CT molecular complexity index is 914. The molecule has 0 aliphatic rings. The number of hydrogen-bond acceptors (Lipinski definition) is 6. The van der Waals surface area contributed by atoms with Crippen LogP contribution in [0.2, 0.25) is 0 Å². The number of nitrogens with zero attached hydrogens (tertiary/aromatic N) is 2. The summed E-state index contributed by atoms with van der Waals surface area (Å²) in [7, 11) is 4.57. The van der Waals surface area contributed by atoms with Crippen molar-refractivity contribution in [3.8, 4) is 5.75 Å². The minimum Gasteiger partial charge on any atom is -0.505 e. The molecule has 1 amide bonds. The van der Waals surface area contributed by atoms with Gasteiger partial charge in [-0.15, -0.1) is 0 Å². The molecule has 0 radical (unpaired) electrons. The molecule has 9 nitrogen and oxygen atoms in total. The van der Waals surface area contributed by atoms with E-state index in [4.69, 9.17) is 0 Å². The van der Waals surface area contributed by atoms with Gasteiger partial charge < -0.3 is 20.6 Å². The zero-order valence-electron chi connectivity index (χ0n) is 14.5. The maximum atomic E-state index is 12.3. The quantitative estimate of drug-likeness (QED) is 0.590. The van der Waals surface area contributed by atoms with E-state index in [1.807, 2.05) is 0 Å². The average molecular weight is 347 g/mol. The number of carbonyl (C=O) groups excluding carboxylic acids is 1. The second-order valence-electron chi connectivity index (χ2n) is 5.61. The zero-order valence-corrected chi connectivity index (χ0v) is 14.5. The zero-order chi connectivity index (χ0) is 18.7.